The summed E-state index contributed by atoms with van der Waals surface area (Å²) in [4.78, 5) is 28.6. The van der Waals surface area contributed by atoms with Crippen LogP contribution in [-0.2, 0) is 12.7 Å². The van der Waals surface area contributed by atoms with E-state index in [-0.39, 0.29) is 22.2 Å². The van der Waals surface area contributed by atoms with Crippen LogP contribution in [0.25, 0.3) is 10.9 Å². The molecule has 0 aliphatic carbocycles. The van der Waals surface area contributed by atoms with E-state index in [1.54, 1.807) is 0 Å². The lowest BCUT2D eigenvalue weighted by Gasteiger charge is -2.12. The van der Waals surface area contributed by atoms with Gasteiger partial charge in [-0.15, -0.1) is 0 Å². The zero-order chi connectivity index (χ0) is 26.4. The van der Waals surface area contributed by atoms with Crippen molar-refractivity contribution in [1.29, 1.82) is 0 Å². The van der Waals surface area contributed by atoms with Crippen LogP contribution < -0.4 is 11.1 Å². The highest BCUT2D eigenvalue weighted by Crippen LogP contribution is 2.36. The maximum atomic E-state index is 14.1. The number of amides is 2. The van der Waals surface area contributed by atoms with Crippen LogP contribution in [-0.4, -0.2) is 26.6 Å². The van der Waals surface area contributed by atoms with Gasteiger partial charge in [0.15, 0.2) is 5.69 Å². The molecule has 7 nitrogen and oxygen atoms in total. The number of primary amides is 1. The van der Waals surface area contributed by atoms with Gasteiger partial charge in [0.1, 0.15) is 23.1 Å². The number of hydrogen-bond acceptors (Lipinski definition) is 4. The van der Waals surface area contributed by atoms with Crippen molar-refractivity contribution in [3.05, 3.63) is 88.1 Å². The summed E-state index contributed by atoms with van der Waals surface area (Å²) in [5.74, 6) is -4.87. The van der Waals surface area contributed by atoms with Crippen LogP contribution in [0.2, 0.25) is 0 Å². The first-order valence-corrected chi connectivity index (χ1v) is 10.2. The van der Waals surface area contributed by atoms with Crippen LogP contribution in [0.15, 0.2) is 42.5 Å². The van der Waals surface area contributed by atoms with Gasteiger partial charge in [-0.3, -0.25) is 14.3 Å². The molecular weight excluding hydrogens is 492 g/mol. The van der Waals surface area contributed by atoms with Crippen molar-refractivity contribution in [3.63, 3.8) is 0 Å². The number of hydrogen-bond donors (Lipinski definition) is 2. The van der Waals surface area contributed by atoms with Crippen LogP contribution in [0.1, 0.15) is 37.8 Å². The Labute approximate surface area is 198 Å². The third-order valence-corrected chi connectivity index (χ3v) is 5.35. The number of rotatable bonds is 5. The van der Waals surface area contributed by atoms with E-state index >= 15 is 0 Å². The number of nitrogens with one attached hydrogen (secondary N) is 1. The normalized spacial score (nSPS) is 11.6. The monoisotopic (exact) mass is 507 g/mol. The number of nitrogens with two attached hydrogens (primary N) is 1. The molecule has 0 aliphatic heterocycles. The second-order valence-corrected chi connectivity index (χ2v) is 7.70. The second-order valence-electron chi connectivity index (χ2n) is 7.70. The average molecular weight is 507 g/mol. The predicted molar refractivity (Wildman–Crippen MR) is 116 cm³/mol. The van der Waals surface area contributed by atoms with Crippen molar-refractivity contribution in [2.24, 2.45) is 5.73 Å². The maximum absolute atomic E-state index is 14.1. The highest BCUT2D eigenvalue weighted by atomic mass is 19.4. The van der Waals surface area contributed by atoms with Crippen molar-refractivity contribution in [1.82, 2.24) is 14.8 Å². The van der Waals surface area contributed by atoms with Crippen molar-refractivity contribution >= 4 is 28.4 Å². The van der Waals surface area contributed by atoms with Crippen molar-refractivity contribution < 1.29 is 35.9 Å². The van der Waals surface area contributed by atoms with E-state index in [9.17, 15) is 35.9 Å². The minimum atomic E-state index is -5.05. The van der Waals surface area contributed by atoms with Crippen LogP contribution >= 0.6 is 0 Å². The van der Waals surface area contributed by atoms with Crippen molar-refractivity contribution in [2.75, 3.05) is 5.32 Å². The van der Waals surface area contributed by atoms with Crippen LogP contribution in [0.4, 0.5) is 32.0 Å². The molecular formula is C23H15F6N5O2. The quantitative estimate of drug-likeness (QED) is 0.386. The Hall–Kier alpha value is -4.42. The summed E-state index contributed by atoms with van der Waals surface area (Å²) in [6.07, 6.45) is -5.05. The lowest BCUT2D eigenvalue weighted by atomic mass is 10.1. The number of alkyl halides is 3. The number of anilines is 1. The van der Waals surface area contributed by atoms with Crippen molar-refractivity contribution in [2.45, 2.75) is 19.6 Å². The number of nitrogens with zero attached hydrogens (tertiary/aromatic N) is 3. The van der Waals surface area contributed by atoms with E-state index in [1.807, 2.05) is 0 Å². The molecule has 0 spiro atoms. The molecule has 36 heavy (non-hydrogen) atoms. The van der Waals surface area contributed by atoms with Gasteiger partial charge in [0.05, 0.1) is 29.0 Å². The van der Waals surface area contributed by atoms with E-state index in [1.165, 1.54) is 13.0 Å². The highest BCUT2D eigenvalue weighted by molar-refractivity contribution is 6.14. The molecule has 13 heteroatoms. The average Bonchev–Trinajstić information content (AvgIpc) is 3.10. The minimum absolute atomic E-state index is 0.0333. The van der Waals surface area contributed by atoms with Crippen LogP contribution in [0.3, 0.4) is 0 Å². The van der Waals surface area contributed by atoms with Crippen LogP contribution in [0, 0.1) is 24.4 Å². The molecule has 2 aromatic heterocycles. The number of aromatic nitrogens is 3. The molecule has 0 bridgehead atoms. The minimum Gasteiger partial charge on any atom is -0.364 e. The van der Waals surface area contributed by atoms with Gasteiger partial charge in [0.25, 0.3) is 11.8 Å². The summed E-state index contributed by atoms with van der Waals surface area (Å²) in [6.45, 7) is 0.484. The summed E-state index contributed by atoms with van der Waals surface area (Å²) in [5, 5.41) is 5.57. The van der Waals surface area contributed by atoms with Gasteiger partial charge in [-0.1, -0.05) is 6.07 Å². The SMILES string of the molecule is Cc1c(NC(=O)c2cc(C(N)=O)nc3cc(F)ccc23)c(C(F)(F)F)nn1Cc1c(F)cccc1F. The molecule has 0 saturated heterocycles. The molecule has 0 radical (unpaired) electrons. The zero-order valence-electron chi connectivity index (χ0n) is 18.3. The molecule has 0 atom stereocenters. The number of fused-ring (bicyclic) bond motifs is 1. The van der Waals surface area contributed by atoms with Gasteiger partial charge in [0.2, 0.25) is 0 Å². The Bertz CT molecular complexity index is 1510. The van der Waals surface area contributed by atoms with Gasteiger partial charge in [0, 0.05) is 17.0 Å². The summed E-state index contributed by atoms with van der Waals surface area (Å²) >= 11 is 0. The Morgan fingerprint density at radius 1 is 1.06 bits per heavy atom. The van der Waals surface area contributed by atoms with Gasteiger partial charge in [-0.25, -0.2) is 18.2 Å². The molecule has 0 aliphatic rings. The standard InChI is InChI=1S/C23H15F6N5O2/c1-10-19(20(23(27,28)29)33-34(10)9-14-15(25)3-2-4-16(14)26)32-22(36)13-8-18(21(30)35)31-17-7-11(24)5-6-12(13)17/h2-8H,9H2,1H3,(H2,30,35)(H,32,36). The van der Waals surface area contributed by atoms with Gasteiger partial charge >= 0.3 is 6.18 Å². The predicted octanol–water partition coefficient (Wildman–Crippen LogP) is 4.58. The smallest absolute Gasteiger partial charge is 0.364 e. The molecule has 2 amide bonds. The fourth-order valence-corrected chi connectivity index (χ4v) is 3.58. The molecule has 4 rings (SSSR count). The largest absolute Gasteiger partial charge is 0.437 e. The lowest BCUT2D eigenvalue weighted by Crippen LogP contribution is -2.19. The van der Waals surface area contributed by atoms with Gasteiger partial charge < -0.3 is 11.1 Å². The van der Waals surface area contributed by atoms with E-state index < -0.39 is 64.6 Å². The number of carbonyl (C=O) groups excluding carboxylic acids is 2. The zero-order valence-corrected chi connectivity index (χ0v) is 18.3. The van der Waals surface area contributed by atoms with E-state index in [4.69, 9.17) is 5.73 Å². The number of halogens is 6. The third-order valence-electron chi connectivity index (χ3n) is 5.35. The molecule has 186 valence electrons. The molecule has 4 aromatic rings. The highest BCUT2D eigenvalue weighted by Gasteiger charge is 2.39. The molecule has 0 fully saturated rings. The number of pyridine rings is 1. The first-order chi connectivity index (χ1) is 16.9. The molecule has 2 heterocycles. The van der Waals surface area contributed by atoms with Gasteiger partial charge in [-0.2, -0.15) is 18.3 Å². The Kier molecular flexibility index (Phi) is 6.16. The van der Waals surface area contributed by atoms with E-state index in [0.29, 0.717) is 4.68 Å². The summed E-state index contributed by atoms with van der Waals surface area (Å²) in [5.41, 5.74) is 1.31. The van der Waals surface area contributed by atoms with Crippen molar-refractivity contribution in [3.8, 4) is 0 Å². The lowest BCUT2D eigenvalue weighted by molar-refractivity contribution is -0.140. The fourth-order valence-electron chi connectivity index (χ4n) is 3.58. The number of carbonyl (C=O) groups is 2. The first-order valence-electron chi connectivity index (χ1n) is 10.2. The molecule has 0 unspecified atom stereocenters. The fraction of sp³-hybridized carbons (Fsp3) is 0.130. The maximum Gasteiger partial charge on any atom is 0.437 e. The van der Waals surface area contributed by atoms with Gasteiger partial charge in [-0.05, 0) is 37.3 Å². The Morgan fingerprint density at radius 3 is 2.33 bits per heavy atom. The van der Waals surface area contributed by atoms with Crippen LogP contribution in [0.5, 0.6) is 0 Å². The second kappa shape index (κ2) is 8.98. The number of benzene rings is 2. The summed E-state index contributed by atoms with van der Waals surface area (Å²) in [6, 6.07) is 7.03. The molecule has 3 N–H and O–H groups in total. The Morgan fingerprint density at radius 2 is 1.72 bits per heavy atom. The van der Waals surface area contributed by atoms with E-state index in [0.717, 1.165) is 36.4 Å². The summed E-state index contributed by atoms with van der Waals surface area (Å²) < 4.78 is 83.8. The third kappa shape index (κ3) is 4.59. The first kappa shape index (κ1) is 24.7. The molecule has 0 saturated carbocycles. The Balaban J connectivity index is 1.81. The van der Waals surface area contributed by atoms with E-state index in [2.05, 4.69) is 15.4 Å². The summed E-state index contributed by atoms with van der Waals surface area (Å²) in [7, 11) is 0. The topological polar surface area (TPSA) is 103 Å². The molecule has 2 aromatic carbocycles.